The van der Waals surface area contributed by atoms with E-state index in [1.807, 2.05) is 48.5 Å². The molecule has 1 saturated carbocycles. The summed E-state index contributed by atoms with van der Waals surface area (Å²) in [5, 5.41) is 14.3. The highest BCUT2D eigenvalue weighted by Crippen LogP contribution is 2.33. The summed E-state index contributed by atoms with van der Waals surface area (Å²) in [5.74, 6) is -0.718. The van der Waals surface area contributed by atoms with Gasteiger partial charge in [-0.25, -0.2) is 4.79 Å². The molecule has 39 heavy (non-hydrogen) atoms. The number of hydrogen-bond donors (Lipinski definition) is 3. The number of halogens is 1. The Kier molecular flexibility index (Phi) is 11.1. The molecule has 1 fully saturated rings. The first-order valence-electron chi connectivity index (χ1n) is 12.9. The second kappa shape index (κ2) is 14.5. The molecule has 0 bridgehead atoms. The number of nitrogens with one attached hydrogen (secondary N) is 2. The lowest BCUT2D eigenvalue weighted by molar-refractivity contribution is -0.136. The van der Waals surface area contributed by atoms with Crippen LogP contribution in [-0.2, 0) is 11.3 Å². The number of urea groups is 1. The number of carboxylic acids is 1. The predicted octanol–water partition coefficient (Wildman–Crippen LogP) is 7.58. The molecule has 3 aromatic carbocycles. The van der Waals surface area contributed by atoms with Gasteiger partial charge in [-0.05, 0) is 72.4 Å². The lowest BCUT2D eigenvalue weighted by Gasteiger charge is -2.26. The maximum atomic E-state index is 13.5. The monoisotopic (exact) mass is 593 g/mol. The fraction of sp³-hybridized carbons (Fsp3) is 0.323. The van der Waals surface area contributed by atoms with Crippen molar-refractivity contribution in [2.24, 2.45) is 0 Å². The van der Waals surface area contributed by atoms with Crippen LogP contribution in [0, 0.1) is 0 Å². The van der Waals surface area contributed by atoms with Gasteiger partial charge in [0.05, 0.1) is 13.0 Å². The fourth-order valence-corrected chi connectivity index (χ4v) is 5.13. The average molecular weight is 595 g/mol. The largest absolute Gasteiger partial charge is 0.481 e. The third-order valence-electron chi connectivity index (χ3n) is 6.78. The molecule has 1 aliphatic carbocycles. The van der Waals surface area contributed by atoms with Gasteiger partial charge in [-0.15, -0.1) is 0 Å². The zero-order valence-corrected chi connectivity index (χ0v) is 22.7. The van der Waals surface area contributed by atoms with Crippen LogP contribution in [0.5, 0.6) is 0 Å². The summed E-state index contributed by atoms with van der Waals surface area (Å²) >= 11 is 3.45. The zero-order valence-electron chi connectivity index (χ0n) is 21.2. The molecule has 0 unspecified atom stereocenters. The highest BCUT2D eigenvalue weighted by Gasteiger charge is 2.20. The Bertz CT molecular complexity index is 1260. The summed E-state index contributed by atoms with van der Waals surface area (Å²) in [5.41, 5.74) is 4.07. The van der Waals surface area contributed by atoms with Crippen LogP contribution in [0.15, 0.2) is 77.3 Å². The van der Waals surface area contributed by atoms with Crippen molar-refractivity contribution in [1.29, 1.82) is 0 Å². The Balaban J connectivity index is 0.00000420. The van der Waals surface area contributed by atoms with Crippen molar-refractivity contribution in [3.05, 3.63) is 94.0 Å². The van der Waals surface area contributed by atoms with Crippen LogP contribution in [0.2, 0.25) is 0 Å². The van der Waals surface area contributed by atoms with Gasteiger partial charge >= 0.3 is 12.0 Å². The van der Waals surface area contributed by atoms with Crippen molar-refractivity contribution in [1.82, 2.24) is 5.32 Å². The molecule has 8 heteroatoms. The van der Waals surface area contributed by atoms with Crippen molar-refractivity contribution in [3.63, 3.8) is 0 Å². The summed E-state index contributed by atoms with van der Waals surface area (Å²) in [6.45, 7) is 0.375. The highest BCUT2D eigenvalue weighted by atomic mass is 79.9. The van der Waals surface area contributed by atoms with Crippen LogP contribution in [0.1, 0.15) is 73.4 Å². The number of rotatable bonds is 9. The van der Waals surface area contributed by atoms with E-state index in [1.54, 1.807) is 17.0 Å². The van der Waals surface area contributed by atoms with E-state index < -0.39 is 5.97 Å². The number of aliphatic carboxylic acids is 1. The van der Waals surface area contributed by atoms with E-state index in [0.29, 0.717) is 23.7 Å². The van der Waals surface area contributed by atoms with Crippen LogP contribution in [-0.4, -0.2) is 29.6 Å². The Hall–Kier alpha value is -3.65. The number of carbonyl (C=O) groups is 3. The normalized spacial score (nSPS) is 13.2. The number of nitrogens with zero attached hydrogens (tertiary/aromatic N) is 1. The van der Waals surface area contributed by atoms with Gasteiger partial charge in [0.1, 0.15) is 0 Å². The molecule has 0 aliphatic heterocycles. The molecule has 1 aliphatic rings. The second-order valence-corrected chi connectivity index (χ2v) is 10.5. The van der Waals surface area contributed by atoms with Gasteiger partial charge in [0.15, 0.2) is 0 Å². The minimum Gasteiger partial charge on any atom is -0.481 e. The van der Waals surface area contributed by atoms with E-state index in [4.69, 9.17) is 5.11 Å². The molecule has 3 N–H and O–H groups in total. The molecule has 3 amide bonds. The third-order valence-corrected chi connectivity index (χ3v) is 7.28. The van der Waals surface area contributed by atoms with Gasteiger partial charge in [-0.2, -0.15) is 0 Å². The van der Waals surface area contributed by atoms with Gasteiger partial charge in [0.2, 0.25) is 0 Å². The average Bonchev–Trinajstić information content (AvgIpc) is 2.92. The summed E-state index contributed by atoms with van der Waals surface area (Å²) in [6.07, 6.45) is 6.12. The van der Waals surface area contributed by atoms with Crippen molar-refractivity contribution in [3.8, 4) is 0 Å². The Morgan fingerprint density at radius 3 is 2.26 bits per heavy atom. The summed E-state index contributed by atoms with van der Waals surface area (Å²) < 4.78 is 0.871. The van der Waals surface area contributed by atoms with E-state index in [9.17, 15) is 14.4 Å². The Labute approximate surface area is 238 Å². The van der Waals surface area contributed by atoms with Crippen molar-refractivity contribution in [2.75, 3.05) is 16.8 Å². The highest BCUT2D eigenvalue weighted by molar-refractivity contribution is 9.10. The number of carbonyl (C=O) groups excluding carboxylic acids is 2. The first kappa shape index (κ1) is 29.9. The molecule has 3 aromatic rings. The number of hydrogen-bond acceptors (Lipinski definition) is 3. The van der Waals surface area contributed by atoms with E-state index in [0.717, 1.165) is 15.7 Å². The lowest BCUT2D eigenvalue weighted by atomic mass is 9.84. The van der Waals surface area contributed by atoms with Crippen LogP contribution >= 0.6 is 15.9 Å². The molecular weight excluding hydrogens is 558 g/mol. The molecule has 0 radical (unpaired) electrons. The van der Waals surface area contributed by atoms with Gasteiger partial charge < -0.3 is 15.7 Å². The zero-order chi connectivity index (χ0) is 26.9. The number of benzene rings is 3. The first-order valence-corrected chi connectivity index (χ1v) is 13.7. The van der Waals surface area contributed by atoms with Crippen molar-refractivity contribution < 1.29 is 19.5 Å². The molecule has 4 rings (SSSR count). The van der Waals surface area contributed by atoms with Crippen LogP contribution < -0.4 is 15.5 Å². The van der Waals surface area contributed by atoms with Gasteiger partial charge in [0, 0.05) is 28.0 Å². The maximum Gasteiger partial charge on any atom is 0.326 e. The van der Waals surface area contributed by atoms with Crippen LogP contribution in [0.4, 0.5) is 16.2 Å². The quantitative estimate of drug-likeness (QED) is 0.238. The predicted molar refractivity (Wildman–Crippen MR) is 159 cm³/mol. The van der Waals surface area contributed by atoms with E-state index in [-0.39, 0.29) is 32.3 Å². The molecule has 0 saturated heterocycles. The molecular formula is C31H36BrN3O4. The van der Waals surface area contributed by atoms with Crippen molar-refractivity contribution >= 4 is 45.2 Å². The number of carboxylic acid groups (broad SMARTS) is 1. The molecule has 0 atom stereocenters. The third kappa shape index (κ3) is 8.68. The SMILES string of the molecule is C.O=C(O)CCNC(=O)c1ccc(CN(C(=O)Nc2cccc(Br)c2)c2ccc(C3CCCCC3)cc2)cc1. The minimum atomic E-state index is -0.964. The number of anilines is 2. The molecule has 0 aromatic heterocycles. The van der Waals surface area contributed by atoms with Crippen LogP contribution in [0.25, 0.3) is 0 Å². The standard InChI is InChI=1S/C30H32BrN3O4.CH4/c31-25-7-4-8-26(19-25)33-30(38)34(27-15-13-23(14-16-27)22-5-2-1-3-6-22)20-21-9-11-24(12-10-21)29(37)32-18-17-28(35)36;/h4,7-16,19,22H,1-3,5-6,17-18,20H2,(H,32,37)(H,33,38)(H,35,36);1H4. The molecule has 7 nitrogen and oxygen atoms in total. The second-order valence-electron chi connectivity index (χ2n) is 9.55. The first-order chi connectivity index (χ1) is 18.4. The Morgan fingerprint density at radius 1 is 0.923 bits per heavy atom. The van der Waals surface area contributed by atoms with Gasteiger partial charge in [-0.1, -0.05) is 73.0 Å². The maximum absolute atomic E-state index is 13.5. The lowest BCUT2D eigenvalue weighted by Crippen LogP contribution is -2.34. The van der Waals surface area contributed by atoms with Crippen LogP contribution in [0.3, 0.4) is 0 Å². The summed E-state index contributed by atoms with van der Waals surface area (Å²) in [7, 11) is 0. The fourth-order valence-electron chi connectivity index (χ4n) is 4.73. The summed E-state index contributed by atoms with van der Waals surface area (Å²) in [6, 6.07) is 22.5. The smallest absolute Gasteiger partial charge is 0.326 e. The summed E-state index contributed by atoms with van der Waals surface area (Å²) in [4.78, 5) is 38.1. The Morgan fingerprint density at radius 2 is 1.62 bits per heavy atom. The van der Waals surface area contributed by atoms with Gasteiger partial charge in [0.25, 0.3) is 5.91 Å². The van der Waals surface area contributed by atoms with Crippen molar-refractivity contribution in [2.45, 2.75) is 58.4 Å². The molecule has 0 spiro atoms. The van der Waals surface area contributed by atoms with E-state index >= 15 is 0 Å². The molecule has 0 heterocycles. The van der Waals surface area contributed by atoms with E-state index in [1.165, 1.54) is 37.7 Å². The van der Waals surface area contributed by atoms with E-state index in [2.05, 4.69) is 38.7 Å². The van der Waals surface area contributed by atoms with Gasteiger partial charge in [-0.3, -0.25) is 14.5 Å². The minimum absolute atomic E-state index is 0. The topological polar surface area (TPSA) is 98.7 Å². The molecule has 206 valence electrons. The number of amides is 3.